The molecule has 0 heterocycles. The Kier molecular flexibility index (Phi) is 5.12. The summed E-state index contributed by atoms with van der Waals surface area (Å²) in [7, 11) is 1.95. The van der Waals surface area contributed by atoms with Gasteiger partial charge in [0.15, 0.2) is 0 Å². The molecule has 16 heavy (non-hydrogen) atoms. The zero-order chi connectivity index (χ0) is 11.8. The molecule has 4 heteroatoms. The topological polar surface area (TPSA) is 56.7 Å². The molecule has 0 aliphatic rings. The molecule has 0 saturated carbocycles. The summed E-state index contributed by atoms with van der Waals surface area (Å²) in [5.74, 6) is -0.164. The van der Waals surface area contributed by atoms with Crippen LogP contribution >= 0.6 is 0 Å². The minimum absolute atomic E-state index is 0.164. The number of carbonyl (C=O) groups excluding carboxylic acids is 1. The van der Waals surface area contributed by atoms with Crippen molar-refractivity contribution in [1.29, 1.82) is 0 Å². The second-order valence-corrected chi connectivity index (χ2v) is 3.68. The van der Waals surface area contributed by atoms with Crippen LogP contribution in [0.25, 0.3) is 5.53 Å². The molecule has 1 aromatic rings. The maximum Gasteiger partial charge on any atom is 0.323 e. The van der Waals surface area contributed by atoms with Gasteiger partial charge < -0.3 is 10.4 Å². The fourth-order valence-corrected chi connectivity index (χ4v) is 1.40. The number of benzene rings is 1. The molecule has 0 spiro atoms. The first-order valence-corrected chi connectivity index (χ1v) is 5.15. The van der Waals surface area contributed by atoms with Gasteiger partial charge in [-0.2, -0.15) is 4.79 Å². The Labute approximate surface area is 95.1 Å². The van der Waals surface area contributed by atoms with Gasteiger partial charge in [-0.15, -0.1) is 0 Å². The van der Waals surface area contributed by atoms with E-state index >= 15 is 0 Å². The maximum absolute atomic E-state index is 11.1. The van der Waals surface area contributed by atoms with Crippen molar-refractivity contribution >= 4 is 12.0 Å². The highest BCUT2D eigenvalue weighted by atomic mass is 16.1. The van der Waals surface area contributed by atoms with Gasteiger partial charge in [0.05, 0.1) is 0 Å². The van der Waals surface area contributed by atoms with E-state index in [-0.39, 0.29) is 5.78 Å². The van der Waals surface area contributed by atoms with Crippen molar-refractivity contribution in [3.05, 3.63) is 41.4 Å². The van der Waals surface area contributed by atoms with Gasteiger partial charge in [-0.25, -0.2) is 0 Å². The zero-order valence-electron chi connectivity index (χ0n) is 9.34. The highest BCUT2D eigenvalue weighted by Crippen LogP contribution is 2.02. The van der Waals surface area contributed by atoms with Crippen LogP contribution in [0.5, 0.6) is 0 Å². The Bertz CT molecular complexity index is 383. The number of Topliss-reactive ketones (excluding diaryl/α,β-unsaturated/α-hetero) is 1. The molecule has 0 saturated heterocycles. The van der Waals surface area contributed by atoms with Gasteiger partial charge in [0.2, 0.25) is 5.78 Å². The van der Waals surface area contributed by atoms with Crippen LogP contribution in [0.15, 0.2) is 30.3 Å². The van der Waals surface area contributed by atoms with E-state index in [1.54, 1.807) is 0 Å². The highest BCUT2D eigenvalue weighted by molar-refractivity contribution is 6.25. The molecule has 0 radical (unpaired) electrons. The molecular weight excluding hydrogens is 202 g/mol. The molecule has 0 unspecified atom stereocenters. The van der Waals surface area contributed by atoms with Crippen molar-refractivity contribution in [3.8, 4) is 0 Å². The molecule has 1 rings (SSSR count). The predicted octanol–water partition coefficient (Wildman–Crippen LogP) is 1.38. The SMILES string of the molecule is CN(CCC(=O)C=[N+]=[N-])Cc1ccccc1. The molecule has 0 bridgehead atoms. The van der Waals surface area contributed by atoms with Gasteiger partial charge in [0.1, 0.15) is 0 Å². The predicted molar refractivity (Wildman–Crippen MR) is 62.1 cm³/mol. The largest absolute Gasteiger partial charge is 0.361 e. The van der Waals surface area contributed by atoms with Crippen LogP contribution in [0.1, 0.15) is 12.0 Å². The van der Waals surface area contributed by atoms with Gasteiger partial charge in [0, 0.05) is 19.5 Å². The molecule has 1 aromatic carbocycles. The number of carbonyl (C=O) groups is 1. The Hall–Kier alpha value is -1.77. The molecule has 0 atom stereocenters. The van der Waals surface area contributed by atoms with Gasteiger partial charge in [0.25, 0.3) is 0 Å². The molecule has 0 aliphatic heterocycles. The lowest BCUT2D eigenvalue weighted by molar-refractivity contribution is -0.116. The summed E-state index contributed by atoms with van der Waals surface area (Å²) in [5.41, 5.74) is 9.39. The number of rotatable bonds is 6. The van der Waals surface area contributed by atoms with E-state index in [0.29, 0.717) is 13.0 Å². The van der Waals surface area contributed by atoms with Crippen molar-refractivity contribution in [1.82, 2.24) is 4.90 Å². The standard InChI is InChI=1S/C12H15N3O/c1-15(8-7-12(16)9-14-13)10-11-5-3-2-4-6-11/h2-6,9H,7-8,10H2,1H3. The first kappa shape index (κ1) is 12.3. The Morgan fingerprint density at radius 2 is 2.12 bits per heavy atom. The number of hydrogen-bond acceptors (Lipinski definition) is 2. The summed E-state index contributed by atoms with van der Waals surface area (Å²) < 4.78 is 0. The lowest BCUT2D eigenvalue weighted by Gasteiger charge is -2.15. The van der Waals surface area contributed by atoms with E-state index in [1.165, 1.54) is 5.56 Å². The summed E-state index contributed by atoms with van der Waals surface area (Å²) in [5, 5.41) is 0. The van der Waals surface area contributed by atoms with Crippen LogP contribution in [0.3, 0.4) is 0 Å². The Balaban J connectivity index is 2.34. The summed E-state index contributed by atoms with van der Waals surface area (Å²) in [6.07, 6.45) is 1.31. The van der Waals surface area contributed by atoms with E-state index in [9.17, 15) is 4.79 Å². The summed E-state index contributed by atoms with van der Waals surface area (Å²) in [6.45, 7) is 1.46. The number of nitrogens with zero attached hydrogens (tertiary/aromatic N) is 3. The minimum atomic E-state index is -0.164. The lowest BCUT2D eigenvalue weighted by atomic mass is 10.2. The fourth-order valence-electron chi connectivity index (χ4n) is 1.40. The second-order valence-electron chi connectivity index (χ2n) is 3.68. The average molecular weight is 217 g/mol. The van der Waals surface area contributed by atoms with E-state index < -0.39 is 0 Å². The molecule has 4 nitrogen and oxygen atoms in total. The van der Waals surface area contributed by atoms with Crippen molar-refractivity contribution in [2.45, 2.75) is 13.0 Å². The maximum atomic E-state index is 11.1. The molecule has 84 valence electrons. The fraction of sp³-hybridized carbons (Fsp3) is 0.333. The van der Waals surface area contributed by atoms with Gasteiger partial charge in [-0.3, -0.25) is 4.79 Å². The van der Waals surface area contributed by atoms with E-state index in [0.717, 1.165) is 12.8 Å². The zero-order valence-corrected chi connectivity index (χ0v) is 9.34. The first-order chi connectivity index (χ1) is 7.72. The highest BCUT2D eigenvalue weighted by Gasteiger charge is 2.05. The van der Waals surface area contributed by atoms with Crippen molar-refractivity contribution in [3.63, 3.8) is 0 Å². The Morgan fingerprint density at radius 1 is 1.44 bits per heavy atom. The minimum Gasteiger partial charge on any atom is -0.361 e. The summed E-state index contributed by atoms with van der Waals surface area (Å²) in [6, 6.07) is 10.1. The van der Waals surface area contributed by atoms with Crippen LogP contribution in [-0.4, -0.2) is 35.3 Å². The molecule has 0 fully saturated rings. The monoisotopic (exact) mass is 217 g/mol. The third-order valence-electron chi connectivity index (χ3n) is 2.24. The lowest BCUT2D eigenvalue weighted by Crippen LogP contribution is -2.21. The summed E-state index contributed by atoms with van der Waals surface area (Å²) >= 11 is 0. The molecule has 0 N–H and O–H groups in total. The normalized spacial score (nSPS) is 9.88. The van der Waals surface area contributed by atoms with Crippen LogP contribution in [0, 0.1) is 0 Å². The van der Waals surface area contributed by atoms with Gasteiger partial charge >= 0.3 is 6.21 Å². The number of ketones is 1. The van der Waals surface area contributed by atoms with Crippen LogP contribution in [-0.2, 0) is 11.3 Å². The third-order valence-corrected chi connectivity index (χ3v) is 2.24. The molecule has 0 aromatic heterocycles. The van der Waals surface area contributed by atoms with E-state index in [2.05, 4.69) is 9.69 Å². The smallest absolute Gasteiger partial charge is 0.323 e. The summed E-state index contributed by atoms with van der Waals surface area (Å²) in [4.78, 5) is 15.8. The first-order valence-electron chi connectivity index (χ1n) is 5.15. The third kappa shape index (κ3) is 4.64. The van der Waals surface area contributed by atoms with Crippen LogP contribution < -0.4 is 0 Å². The van der Waals surface area contributed by atoms with Gasteiger partial charge in [-0.1, -0.05) is 30.3 Å². The average Bonchev–Trinajstić information content (AvgIpc) is 2.28. The van der Waals surface area contributed by atoms with Crippen molar-refractivity contribution < 1.29 is 9.58 Å². The quantitative estimate of drug-likeness (QED) is 0.410. The Morgan fingerprint density at radius 3 is 2.75 bits per heavy atom. The second kappa shape index (κ2) is 6.67. The molecular formula is C12H15N3O. The van der Waals surface area contributed by atoms with E-state index in [1.807, 2.05) is 37.4 Å². The number of hydrogen-bond donors (Lipinski definition) is 0. The molecule has 0 aliphatic carbocycles. The van der Waals surface area contributed by atoms with Crippen molar-refractivity contribution in [2.24, 2.45) is 0 Å². The van der Waals surface area contributed by atoms with Gasteiger partial charge in [-0.05, 0) is 12.6 Å². The molecule has 0 amide bonds. The van der Waals surface area contributed by atoms with Crippen molar-refractivity contribution in [2.75, 3.05) is 13.6 Å². The van der Waals surface area contributed by atoms with Crippen LogP contribution in [0.4, 0.5) is 0 Å². The van der Waals surface area contributed by atoms with E-state index in [4.69, 9.17) is 5.53 Å². The van der Waals surface area contributed by atoms with Crippen LogP contribution in [0.2, 0.25) is 0 Å².